The average Bonchev–Trinajstić information content (AvgIpc) is 4.00. The van der Waals surface area contributed by atoms with E-state index in [9.17, 15) is 0 Å². The van der Waals surface area contributed by atoms with Crippen molar-refractivity contribution < 1.29 is 9.47 Å². The second-order valence-corrected chi connectivity index (χ2v) is 18.5. The quantitative estimate of drug-likeness (QED) is 0.159. The molecule has 10 aromatic rings. The highest BCUT2D eigenvalue weighted by molar-refractivity contribution is 5.98. The predicted octanol–water partition coefficient (Wildman–Crippen LogP) is 16.1. The molecule has 2 nitrogen and oxygen atoms in total. The molecule has 0 aromatic heterocycles. The van der Waals surface area contributed by atoms with Crippen LogP contribution < -0.4 is 9.47 Å². The van der Waals surface area contributed by atoms with Crippen molar-refractivity contribution in [2.45, 2.75) is 29.6 Å². The van der Waals surface area contributed by atoms with Crippen LogP contribution in [0.3, 0.4) is 0 Å². The first-order valence-electron chi connectivity index (χ1n) is 23.6. The Morgan fingerprint density at radius 2 is 0.836 bits per heavy atom. The topological polar surface area (TPSA) is 18.5 Å². The molecule has 0 amide bonds. The maximum atomic E-state index is 7.32. The van der Waals surface area contributed by atoms with Crippen LogP contribution in [0.5, 0.6) is 23.0 Å². The Morgan fingerprint density at radius 1 is 0.343 bits per heavy atom. The van der Waals surface area contributed by atoms with Gasteiger partial charge in [0, 0.05) is 11.5 Å². The summed E-state index contributed by atoms with van der Waals surface area (Å²) >= 11 is 0. The average molecular weight is 857 g/mol. The molecule has 0 saturated carbocycles. The highest BCUT2D eigenvalue weighted by Crippen LogP contribution is 2.66. The number of aryl methyl sites for hydroxylation is 1. The van der Waals surface area contributed by atoms with E-state index in [0.717, 1.165) is 41.4 Å². The Kier molecular flexibility index (Phi) is 8.34. The third kappa shape index (κ3) is 5.27. The van der Waals surface area contributed by atoms with Crippen molar-refractivity contribution in [1.29, 1.82) is 0 Å². The van der Waals surface area contributed by atoms with Crippen molar-refractivity contribution >= 4 is 0 Å². The van der Waals surface area contributed by atoms with E-state index in [0.29, 0.717) is 0 Å². The Morgan fingerprint density at radius 3 is 1.48 bits per heavy atom. The normalized spacial score (nSPS) is 14.8. The Balaban J connectivity index is 0.945. The van der Waals surface area contributed by atoms with E-state index in [4.69, 9.17) is 9.47 Å². The van der Waals surface area contributed by atoms with E-state index >= 15 is 0 Å². The maximum Gasteiger partial charge on any atom is 0.178 e. The van der Waals surface area contributed by atoms with Crippen LogP contribution in [0.1, 0.15) is 73.5 Å². The molecule has 0 saturated heterocycles. The van der Waals surface area contributed by atoms with Gasteiger partial charge >= 0.3 is 0 Å². The van der Waals surface area contributed by atoms with Gasteiger partial charge in [0.05, 0.1) is 10.8 Å². The van der Waals surface area contributed by atoms with E-state index in [1.165, 1.54) is 89.0 Å². The zero-order chi connectivity index (χ0) is 44.1. The van der Waals surface area contributed by atoms with Crippen LogP contribution in [0.25, 0.3) is 33.4 Å². The molecule has 14 rings (SSSR count). The van der Waals surface area contributed by atoms with Gasteiger partial charge in [0.25, 0.3) is 0 Å². The summed E-state index contributed by atoms with van der Waals surface area (Å²) in [4.78, 5) is 0. The van der Waals surface area contributed by atoms with E-state index in [1.807, 2.05) is 0 Å². The van der Waals surface area contributed by atoms with Crippen LogP contribution in [0.15, 0.2) is 237 Å². The van der Waals surface area contributed by atoms with Crippen molar-refractivity contribution in [3.05, 3.63) is 298 Å². The smallest absolute Gasteiger partial charge is 0.178 e. The molecule has 1 aliphatic heterocycles. The molecule has 10 aromatic carbocycles. The predicted molar refractivity (Wildman–Crippen MR) is 270 cm³/mol. The largest absolute Gasteiger partial charge is 0.449 e. The van der Waals surface area contributed by atoms with Gasteiger partial charge in [-0.25, -0.2) is 0 Å². The molecular weight excluding hydrogens is 813 g/mol. The second kappa shape index (κ2) is 14.7. The molecule has 0 bridgehead atoms. The molecule has 2 heteroatoms. The van der Waals surface area contributed by atoms with Crippen molar-refractivity contribution in [1.82, 2.24) is 0 Å². The van der Waals surface area contributed by atoms with Gasteiger partial charge in [-0.05, 0) is 120 Å². The first-order chi connectivity index (χ1) is 33.2. The lowest BCUT2D eigenvalue weighted by Crippen LogP contribution is -2.28. The summed E-state index contributed by atoms with van der Waals surface area (Å²) in [5, 5.41) is 0. The van der Waals surface area contributed by atoms with Gasteiger partial charge < -0.3 is 9.47 Å². The van der Waals surface area contributed by atoms with Crippen LogP contribution in [-0.4, -0.2) is 0 Å². The summed E-state index contributed by atoms with van der Waals surface area (Å²) in [5.41, 5.74) is 20.6. The molecular formula is C65H44O2. The minimum atomic E-state index is -0.487. The van der Waals surface area contributed by atoms with Crippen molar-refractivity contribution in [2.24, 2.45) is 0 Å². The fourth-order valence-corrected chi connectivity index (χ4v) is 12.7. The van der Waals surface area contributed by atoms with E-state index in [1.54, 1.807) is 0 Å². The molecule has 1 unspecified atom stereocenters. The lowest BCUT2D eigenvalue weighted by Gasteiger charge is -2.34. The Bertz CT molecular complexity index is 3500. The number of fused-ring (bicyclic) bond motifs is 16. The molecule has 0 fully saturated rings. The van der Waals surface area contributed by atoms with Gasteiger partial charge in [-0.1, -0.05) is 218 Å². The molecule has 1 heterocycles. The van der Waals surface area contributed by atoms with Crippen molar-refractivity contribution in [3.63, 3.8) is 0 Å². The summed E-state index contributed by atoms with van der Waals surface area (Å²) in [7, 11) is 0. The van der Waals surface area contributed by atoms with E-state index < -0.39 is 10.8 Å². The third-order valence-corrected chi connectivity index (χ3v) is 15.3. The fraction of sp³-hybridized carbons (Fsp3) is 0.0769. The van der Waals surface area contributed by atoms with Gasteiger partial charge in [-0.2, -0.15) is 0 Å². The lowest BCUT2D eigenvalue weighted by molar-refractivity contribution is 0.360. The van der Waals surface area contributed by atoms with Crippen LogP contribution in [-0.2, 0) is 17.3 Å². The second-order valence-electron chi connectivity index (χ2n) is 18.5. The third-order valence-electron chi connectivity index (χ3n) is 15.3. The van der Waals surface area contributed by atoms with Gasteiger partial charge in [0.2, 0.25) is 0 Å². The zero-order valence-corrected chi connectivity index (χ0v) is 36.8. The van der Waals surface area contributed by atoms with Crippen LogP contribution in [0, 0.1) is 0 Å². The van der Waals surface area contributed by atoms with Crippen LogP contribution in [0.2, 0.25) is 0 Å². The Labute approximate surface area is 391 Å². The SMILES string of the molecule is c1ccc(CCC(c2ccc3c(c2)Oc2c(ccc4c2-c2ccccc2C42c4ccccc4-c4ccccc42)O3)c2cccc3c2-c2ccccc2C3(c2ccccc2)c2ccccc2)cc1. The maximum absolute atomic E-state index is 7.32. The lowest BCUT2D eigenvalue weighted by atomic mass is 9.67. The van der Waals surface area contributed by atoms with Gasteiger partial charge in [-0.3, -0.25) is 0 Å². The summed E-state index contributed by atoms with van der Waals surface area (Å²) < 4.78 is 14.2. The van der Waals surface area contributed by atoms with Crippen LogP contribution >= 0.6 is 0 Å². The fourth-order valence-electron chi connectivity index (χ4n) is 12.7. The summed E-state index contributed by atoms with van der Waals surface area (Å²) in [6.07, 6.45) is 1.83. The first-order valence-corrected chi connectivity index (χ1v) is 23.6. The number of ether oxygens (including phenoxy) is 2. The summed E-state index contributed by atoms with van der Waals surface area (Å²) in [6.45, 7) is 0. The van der Waals surface area contributed by atoms with Crippen LogP contribution in [0.4, 0.5) is 0 Å². The molecule has 0 N–H and O–H groups in total. The molecule has 1 spiro atoms. The van der Waals surface area contributed by atoms with Gasteiger partial charge in [0.15, 0.2) is 23.0 Å². The Hall–Kier alpha value is -8.20. The van der Waals surface area contributed by atoms with E-state index in [-0.39, 0.29) is 5.92 Å². The molecule has 316 valence electrons. The number of benzene rings is 10. The molecule has 67 heavy (non-hydrogen) atoms. The summed E-state index contributed by atoms with van der Waals surface area (Å²) in [5.74, 6) is 3.02. The number of rotatable bonds is 7. The van der Waals surface area contributed by atoms with E-state index in [2.05, 4.69) is 237 Å². The standard InChI is InChI=1S/C65H44O2/c1-4-19-42(20-5-1)35-37-46(49-29-18-34-56-61(49)50-27-12-16-32-54(50)64(56,44-21-6-2-7-22-44)45-23-8-3-9-24-45)43-36-39-58-60(41-43)67-63-59(66-58)40-38-57-62(63)51-28-13-17-33-55(51)65(57)52-30-14-10-25-47(52)48-26-11-15-31-53(48)65/h1-34,36,38-41,46H,35,37H2. The summed E-state index contributed by atoms with van der Waals surface area (Å²) in [6, 6.07) is 87.1. The molecule has 1 atom stereocenters. The van der Waals surface area contributed by atoms with Crippen molar-refractivity contribution in [3.8, 4) is 56.4 Å². The minimum Gasteiger partial charge on any atom is -0.449 e. The molecule has 3 aliphatic carbocycles. The monoisotopic (exact) mass is 856 g/mol. The highest BCUT2D eigenvalue weighted by atomic mass is 16.6. The molecule has 4 aliphatic rings. The minimum absolute atomic E-state index is 0.0397. The van der Waals surface area contributed by atoms with Gasteiger partial charge in [-0.15, -0.1) is 0 Å². The molecule has 0 radical (unpaired) electrons. The first kappa shape index (κ1) is 38.1. The van der Waals surface area contributed by atoms with Crippen molar-refractivity contribution in [2.75, 3.05) is 0 Å². The number of hydrogen-bond donors (Lipinski definition) is 0. The number of hydrogen-bond acceptors (Lipinski definition) is 2. The van der Waals surface area contributed by atoms with Gasteiger partial charge in [0.1, 0.15) is 0 Å². The zero-order valence-electron chi connectivity index (χ0n) is 36.8. The highest BCUT2D eigenvalue weighted by Gasteiger charge is 2.53.